The number of hydrogen-bond acceptors (Lipinski definition) is 3. The van der Waals surface area contributed by atoms with Gasteiger partial charge in [-0.3, -0.25) is 4.72 Å². The fourth-order valence-corrected chi connectivity index (χ4v) is 3.18. The lowest BCUT2D eigenvalue weighted by Gasteiger charge is -2.09. The highest BCUT2D eigenvalue weighted by Gasteiger charge is 2.28. The first-order chi connectivity index (χ1) is 8.61. The maximum atomic E-state index is 11.9. The summed E-state index contributed by atoms with van der Waals surface area (Å²) in [5, 5.41) is 0. The Morgan fingerprint density at radius 2 is 2.06 bits per heavy atom. The highest BCUT2D eigenvalue weighted by Crippen LogP contribution is 2.30. The molecule has 0 aromatic heterocycles. The van der Waals surface area contributed by atoms with Crippen LogP contribution in [0.5, 0.6) is 0 Å². The number of nitrogens with one attached hydrogen (secondary N) is 1. The average Bonchev–Trinajstić information content (AvgIpc) is 3.10. The Balaban J connectivity index is 2.17. The summed E-state index contributed by atoms with van der Waals surface area (Å²) in [6.07, 6.45) is 2.02. The number of nitrogens with two attached hydrogens (primary N) is 1. The van der Waals surface area contributed by atoms with Crippen molar-refractivity contribution in [2.45, 2.75) is 12.8 Å². The summed E-state index contributed by atoms with van der Waals surface area (Å²) in [6, 6.07) is 7.09. The van der Waals surface area contributed by atoms with Gasteiger partial charge in [-0.25, -0.2) is 8.42 Å². The molecule has 0 spiro atoms. The molecule has 18 heavy (non-hydrogen) atoms. The van der Waals surface area contributed by atoms with Gasteiger partial charge in [0, 0.05) is 5.56 Å². The maximum Gasteiger partial charge on any atom is 0.233 e. The molecule has 1 saturated carbocycles. The second-order valence-electron chi connectivity index (χ2n) is 4.38. The topological polar surface area (TPSA) is 72.2 Å². The second kappa shape index (κ2) is 5.42. The van der Waals surface area contributed by atoms with Crippen LogP contribution >= 0.6 is 0 Å². The van der Waals surface area contributed by atoms with Gasteiger partial charge in [0.05, 0.1) is 18.0 Å². The Morgan fingerprint density at radius 3 is 2.72 bits per heavy atom. The van der Waals surface area contributed by atoms with E-state index in [0.29, 0.717) is 17.2 Å². The van der Waals surface area contributed by atoms with Crippen LogP contribution in [0.1, 0.15) is 18.4 Å². The van der Waals surface area contributed by atoms with E-state index < -0.39 is 10.0 Å². The summed E-state index contributed by atoms with van der Waals surface area (Å²) in [7, 11) is -3.27. The molecule has 3 N–H and O–H groups in total. The highest BCUT2D eigenvalue weighted by atomic mass is 32.2. The van der Waals surface area contributed by atoms with Crippen molar-refractivity contribution in [1.82, 2.24) is 0 Å². The van der Waals surface area contributed by atoms with Crippen molar-refractivity contribution in [2.75, 3.05) is 17.0 Å². The molecule has 0 atom stereocenters. The van der Waals surface area contributed by atoms with Crippen LogP contribution in [-0.4, -0.2) is 20.7 Å². The van der Waals surface area contributed by atoms with Crippen molar-refractivity contribution in [3.8, 4) is 11.8 Å². The third-order valence-corrected chi connectivity index (χ3v) is 4.11. The SMILES string of the molecule is NCC#Cc1ccccc1NS(=O)(=O)CC1CC1. The lowest BCUT2D eigenvalue weighted by Crippen LogP contribution is -2.18. The lowest BCUT2D eigenvalue weighted by atomic mass is 10.2. The molecule has 1 fully saturated rings. The molecule has 0 amide bonds. The van der Waals surface area contributed by atoms with Gasteiger partial charge in [0.2, 0.25) is 10.0 Å². The Morgan fingerprint density at radius 1 is 1.33 bits per heavy atom. The van der Waals surface area contributed by atoms with Gasteiger partial charge in [-0.1, -0.05) is 24.0 Å². The van der Waals surface area contributed by atoms with Gasteiger partial charge < -0.3 is 5.73 Å². The van der Waals surface area contributed by atoms with Crippen LogP contribution in [0.15, 0.2) is 24.3 Å². The molecule has 5 heteroatoms. The molecule has 0 saturated heterocycles. The van der Waals surface area contributed by atoms with Crippen LogP contribution in [0, 0.1) is 17.8 Å². The zero-order valence-corrected chi connectivity index (χ0v) is 10.8. The van der Waals surface area contributed by atoms with Crippen LogP contribution in [-0.2, 0) is 10.0 Å². The normalized spacial score (nSPS) is 14.7. The van der Waals surface area contributed by atoms with E-state index in [2.05, 4.69) is 16.6 Å². The molecule has 2 rings (SSSR count). The van der Waals surface area contributed by atoms with Gasteiger partial charge in [0.25, 0.3) is 0 Å². The van der Waals surface area contributed by atoms with E-state index in [1.165, 1.54) is 0 Å². The molecule has 1 aromatic carbocycles. The van der Waals surface area contributed by atoms with Crippen LogP contribution < -0.4 is 10.5 Å². The fraction of sp³-hybridized carbons (Fsp3) is 0.385. The van der Waals surface area contributed by atoms with Gasteiger partial charge in [0.15, 0.2) is 0 Å². The van der Waals surface area contributed by atoms with Gasteiger partial charge in [-0.05, 0) is 30.9 Å². The van der Waals surface area contributed by atoms with Crippen LogP contribution in [0.25, 0.3) is 0 Å². The van der Waals surface area contributed by atoms with E-state index >= 15 is 0 Å². The predicted molar refractivity (Wildman–Crippen MR) is 72.5 cm³/mol. The van der Waals surface area contributed by atoms with E-state index in [1.54, 1.807) is 18.2 Å². The van der Waals surface area contributed by atoms with Crippen molar-refractivity contribution in [1.29, 1.82) is 0 Å². The zero-order chi connectivity index (χ0) is 13.0. The molecule has 1 aromatic rings. The summed E-state index contributed by atoms with van der Waals surface area (Å²) >= 11 is 0. The number of sulfonamides is 1. The molecule has 0 radical (unpaired) electrons. The smallest absolute Gasteiger partial charge is 0.233 e. The number of para-hydroxylation sites is 1. The number of benzene rings is 1. The average molecular weight is 264 g/mol. The molecule has 0 aliphatic heterocycles. The summed E-state index contributed by atoms with van der Waals surface area (Å²) in [4.78, 5) is 0. The van der Waals surface area contributed by atoms with Crippen LogP contribution in [0.4, 0.5) is 5.69 Å². The van der Waals surface area contributed by atoms with Crippen molar-refractivity contribution in [3.05, 3.63) is 29.8 Å². The van der Waals surface area contributed by atoms with E-state index in [1.807, 2.05) is 6.07 Å². The predicted octanol–water partition coefficient (Wildman–Crippen LogP) is 1.15. The first kappa shape index (κ1) is 12.9. The highest BCUT2D eigenvalue weighted by molar-refractivity contribution is 7.92. The Hall–Kier alpha value is -1.51. The monoisotopic (exact) mass is 264 g/mol. The minimum Gasteiger partial charge on any atom is -0.320 e. The van der Waals surface area contributed by atoms with Gasteiger partial charge in [-0.2, -0.15) is 0 Å². The molecule has 1 aliphatic rings. The first-order valence-corrected chi connectivity index (χ1v) is 7.54. The first-order valence-electron chi connectivity index (χ1n) is 5.89. The zero-order valence-electron chi connectivity index (χ0n) is 10.0. The largest absolute Gasteiger partial charge is 0.320 e. The molecular formula is C13H16N2O2S. The Kier molecular flexibility index (Phi) is 3.90. The van der Waals surface area contributed by atoms with Gasteiger partial charge in [0.1, 0.15) is 0 Å². The molecule has 4 nitrogen and oxygen atoms in total. The van der Waals surface area contributed by atoms with Crippen molar-refractivity contribution < 1.29 is 8.42 Å². The van der Waals surface area contributed by atoms with Crippen molar-refractivity contribution in [3.63, 3.8) is 0 Å². The van der Waals surface area contributed by atoms with E-state index in [-0.39, 0.29) is 12.3 Å². The van der Waals surface area contributed by atoms with Crippen LogP contribution in [0.2, 0.25) is 0 Å². The van der Waals surface area contributed by atoms with Crippen LogP contribution in [0.3, 0.4) is 0 Å². The lowest BCUT2D eigenvalue weighted by molar-refractivity contribution is 0.597. The Bertz CT molecular complexity index is 580. The third kappa shape index (κ3) is 3.76. The number of rotatable bonds is 4. The summed E-state index contributed by atoms with van der Waals surface area (Å²) in [5.74, 6) is 6.11. The Labute approximate surface area is 108 Å². The maximum absolute atomic E-state index is 11.9. The van der Waals surface area contributed by atoms with Crippen molar-refractivity contribution >= 4 is 15.7 Å². The molecule has 0 heterocycles. The third-order valence-electron chi connectivity index (χ3n) is 2.67. The van der Waals surface area contributed by atoms with Gasteiger partial charge in [-0.15, -0.1) is 0 Å². The minimum atomic E-state index is -3.27. The number of anilines is 1. The minimum absolute atomic E-state index is 0.200. The number of hydrogen-bond donors (Lipinski definition) is 2. The van der Waals surface area contributed by atoms with E-state index in [4.69, 9.17) is 5.73 Å². The van der Waals surface area contributed by atoms with Crippen molar-refractivity contribution in [2.24, 2.45) is 11.7 Å². The molecule has 0 bridgehead atoms. The summed E-state index contributed by atoms with van der Waals surface area (Å²) in [6.45, 7) is 0.253. The molecular weight excluding hydrogens is 248 g/mol. The standard InChI is InChI=1S/C13H16N2O2S/c14-9-3-5-12-4-1-2-6-13(12)15-18(16,17)10-11-7-8-11/h1-2,4,6,11,15H,7-10,14H2. The summed E-state index contributed by atoms with van der Waals surface area (Å²) in [5.41, 5.74) is 6.50. The molecule has 0 unspecified atom stereocenters. The summed E-state index contributed by atoms with van der Waals surface area (Å²) < 4.78 is 26.4. The molecule has 1 aliphatic carbocycles. The fourth-order valence-electron chi connectivity index (χ4n) is 1.63. The molecule has 96 valence electrons. The van der Waals surface area contributed by atoms with Gasteiger partial charge >= 0.3 is 0 Å². The van der Waals surface area contributed by atoms with E-state index in [9.17, 15) is 8.42 Å². The quantitative estimate of drug-likeness (QED) is 0.801. The van der Waals surface area contributed by atoms with E-state index in [0.717, 1.165) is 12.8 Å². The second-order valence-corrected chi connectivity index (χ2v) is 6.15.